The first-order valence-electron chi connectivity index (χ1n) is 10.5. The molecule has 0 amide bonds. The highest BCUT2D eigenvalue weighted by molar-refractivity contribution is 7.71. The molecule has 168 valence electrons. The van der Waals surface area contributed by atoms with Gasteiger partial charge in [0.15, 0.2) is 10.6 Å². The highest BCUT2D eigenvalue weighted by Gasteiger charge is 2.24. The monoisotopic (exact) mass is 452 g/mol. The Morgan fingerprint density at radius 1 is 1.09 bits per heavy atom. The molecular weight excluding hydrogens is 424 g/mol. The smallest absolute Gasteiger partial charge is 0.200 e. The second kappa shape index (κ2) is 7.70. The van der Waals surface area contributed by atoms with Crippen LogP contribution >= 0.6 is 12.2 Å². The number of hydrogen-bond acceptors (Lipinski definition) is 5. The molecule has 0 radical (unpaired) electrons. The number of phenolic OH excluding ortho intramolecular Hbond substituents is 2. The zero-order valence-electron chi connectivity index (χ0n) is 19.1. The third-order valence-corrected chi connectivity index (χ3v) is 5.95. The summed E-state index contributed by atoms with van der Waals surface area (Å²) < 4.78 is 7.76. The standard InChI is InChI=1S/C24H28N4O3S/c1-12(2)16-10-13-17(7-8-20(31-6)21(13)25-16)28-22(26-27-23(28)32)14-9-15(24(3,4)5)19(30)11-18(14)29/h7-12,25,29-30H,1-6H3,(H,27,32). The molecule has 7 nitrogen and oxygen atoms in total. The van der Waals surface area contributed by atoms with Crippen LogP contribution < -0.4 is 4.74 Å². The van der Waals surface area contributed by atoms with Crippen LogP contribution in [0.15, 0.2) is 30.3 Å². The van der Waals surface area contributed by atoms with E-state index >= 15 is 0 Å². The molecule has 4 aromatic rings. The predicted molar refractivity (Wildman–Crippen MR) is 129 cm³/mol. The van der Waals surface area contributed by atoms with Gasteiger partial charge in [0.1, 0.15) is 17.2 Å². The number of H-pyrrole nitrogens is 2. The van der Waals surface area contributed by atoms with Crippen LogP contribution in [-0.2, 0) is 5.41 Å². The van der Waals surface area contributed by atoms with Gasteiger partial charge < -0.3 is 19.9 Å². The van der Waals surface area contributed by atoms with E-state index in [2.05, 4.69) is 35.1 Å². The Hall–Kier alpha value is -3.26. The fraction of sp³-hybridized carbons (Fsp3) is 0.333. The summed E-state index contributed by atoms with van der Waals surface area (Å²) in [6, 6.07) is 9.02. The van der Waals surface area contributed by atoms with Gasteiger partial charge in [-0.1, -0.05) is 34.6 Å². The lowest BCUT2D eigenvalue weighted by molar-refractivity contribution is 0.419. The number of nitrogens with zero attached hydrogens (tertiary/aromatic N) is 2. The van der Waals surface area contributed by atoms with Crippen molar-refractivity contribution in [2.45, 2.75) is 46.0 Å². The quantitative estimate of drug-likeness (QED) is 0.288. The molecule has 2 heterocycles. The molecule has 0 atom stereocenters. The van der Waals surface area contributed by atoms with E-state index < -0.39 is 0 Å². The molecule has 4 rings (SSSR count). The summed E-state index contributed by atoms with van der Waals surface area (Å²) in [5.74, 6) is 1.45. The van der Waals surface area contributed by atoms with E-state index in [0.717, 1.165) is 28.0 Å². The van der Waals surface area contributed by atoms with Crippen LogP contribution in [0.3, 0.4) is 0 Å². The SMILES string of the molecule is COc1ccc(-n2c(-c3cc(C(C)(C)C)c(O)cc3O)n[nH]c2=S)c2cc(C(C)C)[nH]c12. The highest BCUT2D eigenvalue weighted by atomic mass is 32.1. The number of benzene rings is 2. The van der Waals surface area contributed by atoms with Crippen molar-refractivity contribution < 1.29 is 14.9 Å². The molecule has 0 unspecified atom stereocenters. The molecule has 2 aromatic carbocycles. The number of ether oxygens (including phenoxy) is 1. The van der Waals surface area contributed by atoms with Gasteiger partial charge in [-0.25, -0.2) is 0 Å². The lowest BCUT2D eigenvalue weighted by atomic mass is 9.85. The van der Waals surface area contributed by atoms with E-state index in [1.807, 2.05) is 32.9 Å². The number of methoxy groups -OCH3 is 1. The number of hydrogen-bond donors (Lipinski definition) is 4. The van der Waals surface area contributed by atoms with Crippen LogP contribution in [0, 0.1) is 4.77 Å². The Morgan fingerprint density at radius 2 is 1.81 bits per heavy atom. The molecule has 0 saturated carbocycles. The second-order valence-electron chi connectivity index (χ2n) is 9.28. The summed E-state index contributed by atoms with van der Waals surface area (Å²) in [7, 11) is 1.64. The van der Waals surface area contributed by atoms with Crippen LogP contribution in [-0.4, -0.2) is 37.1 Å². The minimum Gasteiger partial charge on any atom is -0.508 e. The van der Waals surface area contributed by atoms with Crippen LogP contribution in [0.4, 0.5) is 0 Å². The molecule has 0 saturated heterocycles. The molecule has 0 fully saturated rings. The van der Waals surface area contributed by atoms with Gasteiger partial charge in [0, 0.05) is 22.7 Å². The Labute approximate surface area is 191 Å². The van der Waals surface area contributed by atoms with E-state index in [4.69, 9.17) is 17.0 Å². The van der Waals surface area contributed by atoms with Crippen molar-refractivity contribution in [3.63, 3.8) is 0 Å². The molecule has 0 spiro atoms. The molecule has 32 heavy (non-hydrogen) atoms. The van der Waals surface area contributed by atoms with Crippen molar-refractivity contribution in [3.05, 3.63) is 46.4 Å². The van der Waals surface area contributed by atoms with Crippen LogP contribution in [0.1, 0.15) is 51.8 Å². The molecule has 4 N–H and O–H groups in total. The summed E-state index contributed by atoms with van der Waals surface area (Å²) in [4.78, 5) is 3.46. The largest absolute Gasteiger partial charge is 0.508 e. The van der Waals surface area contributed by atoms with Crippen molar-refractivity contribution in [2.24, 2.45) is 0 Å². The first-order chi connectivity index (χ1) is 15.0. The van der Waals surface area contributed by atoms with E-state index in [1.165, 1.54) is 6.07 Å². The zero-order chi connectivity index (χ0) is 23.4. The number of aromatic hydroxyl groups is 2. The molecule has 0 aliphatic carbocycles. The van der Waals surface area contributed by atoms with Crippen molar-refractivity contribution in [1.82, 2.24) is 19.7 Å². The molecule has 0 aliphatic rings. The molecule has 0 bridgehead atoms. The fourth-order valence-electron chi connectivity index (χ4n) is 3.93. The lowest BCUT2D eigenvalue weighted by Crippen LogP contribution is -2.11. The first kappa shape index (κ1) is 22.0. The van der Waals surface area contributed by atoms with Crippen molar-refractivity contribution in [2.75, 3.05) is 7.11 Å². The third kappa shape index (κ3) is 3.54. The number of aromatic amines is 2. The summed E-state index contributed by atoms with van der Waals surface area (Å²) in [5.41, 5.74) is 3.60. The van der Waals surface area contributed by atoms with Gasteiger partial charge in [0.25, 0.3) is 0 Å². The Morgan fingerprint density at radius 3 is 2.44 bits per heavy atom. The summed E-state index contributed by atoms with van der Waals surface area (Å²) in [6.07, 6.45) is 0. The highest BCUT2D eigenvalue weighted by Crippen LogP contribution is 2.41. The number of aromatic nitrogens is 4. The normalized spacial score (nSPS) is 12.1. The molecule has 2 aromatic heterocycles. The summed E-state index contributed by atoms with van der Waals surface area (Å²) in [6.45, 7) is 10.2. The maximum absolute atomic E-state index is 10.7. The maximum Gasteiger partial charge on any atom is 0.200 e. The second-order valence-corrected chi connectivity index (χ2v) is 9.67. The van der Waals surface area contributed by atoms with Gasteiger partial charge in [-0.05, 0) is 47.8 Å². The average molecular weight is 453 g/mol. The van der Waals surface area contributed by atoms with E-state index in [9.17, 15) is 10.2 Å². The van der Waals surface area contributed by atoms with Gasteiger partial charge in [0.05, 0.1) is 23.9 Å². The van der Waals surface area contributed by atoms with Gasteiger partial charge in [-0.3, -0.25) is 9.67 Å². The average Bonchev–Trinajstić information content (AvgIpc) is 3.31. The van der Waals surface area contributed by atoms with Gasteiger partial charge in [-0.2, -0.15) is 5.10 Å². The Balaban J connectivity index is 2.02. The van der Waals surface area contributed by atoms with Crippen LogP contribution in [0.2, 0.25) is 0 Å². The third-order valence-electron chi connectivity index (χ3n) is 5.67. The number of rotatable bonds is 4. The van der Waals surface area contributed by atoms with Crippen molar-refractivity contribution in [3.8, 4) is 34.3 Å². The van der Waals surface area contributed by atoms with Crippen LogP contribution in [0.5, 0.6) is 17.2 Å². The van der Waals surface area contributed by atoms with Crippen molar-refractivity contribution in [1.29, 1.82) is 0 Å². The van der Waals surface area contributed by atoms with Crippen molar-refractivity contribution >= 4 is 23.1 Å². The minimum absolute atomic E-state index is 0.0403. The summed E-state index contributed by atoms with van der Waals surface area (Å²) >= 11 is 5.59. The topological polar surface area (TPSA) is 99.1 Å². The number of phenols is 2. The molecule has 8 heteroatoms. The Bertz CT molecular complexity index is 1370. The zero-order valence-corrected chi connectivity index (χ0v) is 19.9. The molecule has 0 aliphatic heterocycles. The lowest BCUT2D eigenvalue weighted by Gasteiger charge is -2.22. The summed E-state index contributed by atoms with van der Waals surface area (Å²) in [5, 5.41) is 29.3. The predicted octanol–water partition coefficient (Wildman–Crippen LogP) is 5.92. The fourth-order valence-corrected chi connectivity index (χ4v) is 4.16. The van der Waals surface area contributed by atoms with Crippen LogP contribution in [0.25, 0.3) is 28.0 Å². The Kier molecular flexibility index (Phi) is 5.29. The first-order valence-corrected chi connectivity index (χ1v) is 10.9. The number of nitrogens with one attached hydrogen (secondary N) is 2. The van der Waals surface area contributed by atoms with E-state index in [0.29, 0.717) is 27.6 Å². The van der Waals surface area contributed by atoms with Gasteiger partial charge in [-0.15, -0.1) is 0 Å². The van der Waals surface area contributed by atoms with E-state index in [1.54, 1.807) is 17.7 Å². The van der Waals surface area contributed by atoms with Gasteiger partial charge in [0.2, 0.25) is 0 Å². The maximum atomic E-state index is 10.7. The molecular formula is C24H28N4O3S. The van der Waals surface area contributed by atoms with Gasteiger partial charge >= 0.3 is 0 Å². The minimum atomic E-state index is -0.329. The number of fused-ring (bicyclic) bond motifs is 1. The van der Waals surface area contributed by atoms with E-state index in [-0.39, 0.29) is 16.9 Å².